The van der Waals surface area contributed by atoms with Gasteiger partial charge in [-0.2, -0.15) is 0 Å². The van der Waals surface area contributed by atoms with Gasteiger partial charge >= 0.3 is 50.3 Å². The van der Waals surface area contributed by atoms with E-state index >= 15 is 0 Å². The first-order chi connectivity index (χ1) is 3.46. The van der Waals surface area contributed by atoms with Gasteiger partial charge in [0.05, 0.1) is 10.2 Å². The smallest absolute Gasteiger partial charge is 2.00 e. The second-order valence-corrected chi connectivity index (χ2v) is 0.447. The summed E-state index contributed by atoms with van der Waals surface area (Å²) in [5.74, 6) is 0. The third-order valence-corrected chi connectivity index (χ3v) is 0. The van der Waals surface area contributed by atoms with Crippen LogP contribution in [0.15, 0.2) is 0 Å². The van der Waals surface area contributed by atoms with Crippen LogP contribution in [0.3, 0.4) is 0 Å². The molecule has 13 heteroatoms. The van der Waals surface area contributed by atoms with Gasteiger partial charge in [0, 0.05) is 0 Å². The monoisotopic (exact) mass is 333 g/mol. The van der Waals surface area contributed by atoms with Crippen molar-refractivity contribution in [2.24, 2.45) is 0 Å². The average molecular weight is 333 g/mol. The van der Waals surface area contributed by atoms with Crippen molar-refractivity contribution in [1.29, 1.82) is 0 Å². The van der Waals surface area contributed by atoms with Crippen molar-refractivity contribution < 1.29 is 71.5 Å². The molecule has 0 atom stereocenters. The minimum absolute atomic E-state index is 0. The van der Waals surface area contributed by atoms with Crippen LogP contribution in [-0.2, 0) is 61.3 Å². The summed E-state index contributed by atoms with van der Waals surface area (Å²) in [4.78, 5) is 16.5. The molecule has 0 fully saturated rings. The molecule has 0 aromatic carbocycles. The van der Waals surface area contributed by atoms with Gasteiger partial charge in [0.1, 0.15) is 0 Å². The molecule has 0 rings (SSSR count). The molecular weight excluding hydrogens is 333 g/mol. The van der Waals surface area contributed by atoms with E-state index in [4.69, 9.17) is 30.6 Å². The molecular formula is Co3N2O8. The zero-order chi connectivity index (χ0) is 7.15. The van der Waals surface area contributed by atoms with E-state index in [9.17, 15) is 0 Å². The molecule has 0 aliphatic carbocycles. The van der Waals surface area contributed by atoms with E-state index in [1.807, 2.05) is 0 Å². The average Bonchev–Trinajstić information content (AvgIpc) is 1.25. The zero-order valence-electron chi connectivity index (χ0n) is 5.16. The Morgan fingerprint density at radius 2 is 0.615 bits per heavy atom. The second-order valence-electron chi connectivity index (χ2n) is 0.447. The van der Waals surface area contributed by atoms with E-state index in [0.717, 1.165) is 0 Å². The van der Waals surface area contributed by atoms with Crippen LogP contribution in [-0.4, -0.2) is 10.2 Å². The van der Waals surface area contributed by atoms with Crippen LogP contribution in [0.25, 0.3) is 0 Å². The Bertz CT molecular complexity index is 75.4. The Balaban J connectivity index is -0.00000000800. The van der Waals surface area contributed by atoms with E-state index < -0.39 is 10.2 Å². The normalized spacial score (nSPS) is 3.69. The summed E-state index contributed by atoms with van der Waals surface area (Å²) in [7, 11) is 0. The molecule has 0 saturated carbocycles. The van der Waals surface area contributed by atoms with Gasteiger partial charge in [0.25, 0.3) is 0 Å². The zero-order valence-corrected chi connectivity index (χ0v) is 8.28. The summed E-state index contributed by atoms with van der Waals surface area (Å²) in [6, 6.07) is 0. The quantitative estimate of drug-likeness (QED) is 0.415. The molecule has 0 spiro atoms. The molecule has 0 aromatic heterocycles. The fraction of sp³-hybridized carbons (Fsp3) is 0. The van der Waals surface area contributed by atoms with Crippen molar-refractivity contribution in [2.45, 2.75) is 0 Å². The first-order valence-electron chi connectivity index (χ1n) is 1.10. The van der Waals surface area contributed by atoms with Crippen molar-refractivity contribution >= 4 is 0 Å². The molecule has 0 aliphatic rings. The summed E-state index contributed by atoms with van der Waals surface area (Å²) in [5.41, 5.74) is 0. The van der Waals surface area contributed by atoms with Crippen LogP contribution in [0.1, 0.15) is 0 Å². The first kappa shape index (κ1) is 52.8. The largest absolute Gasteiger partial charge is 2.00 e. The standard InChI is InChI=1S/3Co.2NO3.2O/c;;;2*2-1(3)4;;/q3*+2;2*-1;2*-2. The maximum absolute atomic E-state index is 8.25. The first-order valence-corrected chi connectivity index (χ1v) is 1.10. The van der Waals surface area contributed by atoms with Crippen LogP contribution in [0, 0.1) is 30.6 Å². The molecule has 0 amide bonds. The number of rotatable bonds is 0. The maximum atomic E-state index is 8.25. The van der Waals surface area contributed by atoms with E-state index in [2.05, 4.69) is 0 Å². The van der Waals surface area contributed by atoms with Gasteiger partial charge in [-0.25, -0.2) is 0 Å². The summed E-state index contributed by atoms with van der Waals surface area (Å²) in [6.07, 6.45) is 0. The van der Waals surface area contributed by atoms with Gasteiger partial charge in [0.2, 0.25) is 0 Å². The number of hydrogen-bond donors (Lipinski definition) is 0. The Morgan fingerprint density at radius 3 is 0.615 bits per heavy atom. The van der Waals surface area contributed by atoms with Crippen molar-refractivity contribution in [1.82, 2.24) is 0 Å². The van der Waals surface area contributed by atoms with Crippen LogP contribution >= 0.6 is 0 Å². The summed E-state index contributed by atoms with van der Waals surface area (Å²) in [5, 5.41) is 29.5. The maximum Gasteiger partial charge on any atom is 2.00 e. The molecule has 85 valence electrons. The molecule has 0 heterocycles. The molecule has 0 aliphatic heterocycles. The fourth-order valence-electron chi connectivity index (χ4n) is 0. The van der Waals surface area contributed by atoms with Crippen LogP contribution in [0.2, 0.25) is 0 Å². The van der Waals surface area contributed by atoms with Crippen molar-refractivity contribution in [2.75, 3.05) is 0 Å². The fourth-order valence-corrected chi connectivity index (χ4v) is 0. The molecule has 3 radical (unpaired) electrons. The minimum Gasteiger partial charge on any atom is -2.00 e. The Labute approximate surface area is 102 Å². The molecule has 0 aromatic rings. The number of hydrogen-bond acceptors (Lipinski definition) is 6. The van der Waals surface area contributed by atoms with Crippen molar-refractivity contribution in [3.8, 4) is 0 Å². The predicted molar refractivity (Wildman–Crippen MR) is 22.1 cm³/mol. The Morgan fingerprint density at radius 1 is 0.615 bits per heavy atom. The number of nitrogens with zero attached hydrogens (tertiary/aromatic N) is 2. The minimum atomic E-state index is -1.75. The predicted octanol–water partition coefficient (Wildman–Crippen LogP) is -0.723. The van der Waals surface area contributed by atoms with E-state index in [1.54, 1.807) is 0 Å². The third kappa shape index (κ3) is 44500. The molecule has 0 unspecified atom stereocenters. The third-order valence-electron chi connectivity index (χ3n) is 0. The van der Waals surface area contributed by atoms with Crippen molar-refractivity contribution in [3.05, 3.63) is 30.6 Å². The Hall–Kier alpha value is -0.161. The second kappa shape index (κ2) is 40.8. The molecule has 0 bridgehead atoms. The van der Waals surface area contributed by atoms with E-state index in [-0.39, 0.29) is 61.3 Å². The van der Waals surface area contributed by atoms with Gasteiger partial charge in [0.15, 0.2) is 0 Å². The Kier molecular flexibility index (Phi) is 166. The van der Waals surface area contributed by atoms with Crippen LogP contribution < -0.4 is 0 Å². The van der Waals surface area contributed by atoms with Gasteiger partial charge in [-0.15, -0.1) is 0 Å². The molecule has 0 N–H and O–H groups in total. The molecule has 0 saturated heterocycles. The van der Waals surface area contributed by atoms with Gasteiger partial charge in [-0.05, 0) is 0 Å². The molecule has 10 nitrogen and oxygen atoms in total. The SMILES string of the molecule is O=[N+]([O-])[O-].O=[N+]([O-])[O-].[Co+2].[Co+2].[Co+2].[O-2].[O-2]. The molecule has 13 heavy (non-hydrogen) atoms. The summed E-state index contributed by atoms with van der Waals surface area (Å²) >= 11 is 0. The summed E-state index contributed by atoms with van der Waals surface area (Å²) < 4.78 is 0. The van der Waals surface area contributed by atoms with Crippen LogP contribution in [0.5, 0.6) is 0 Å². The summed E-state index contributed by atoms with van der Waals surface area (Å²) in [6.45, 7) is 0. The van der Waals surface area contributed by atoms with Gasteiger partial charge < -0.3 is 41.6 Å². The van der Waals surface area contributed by atoms with Crippen LogP contribution in [0.4, 0.5) is 0 Å². The topological polar surface area (TPSA) is 189 Å². The van der Waals surface area contributed by atoms with Gasteiger partial charge in [-0.1, -0.05) is 0 Å². The van der Waals surface area contributed by atoms with Gasteiger partial charge in [-0.3, -0.25) is 0 Å². The van der Waals surface area contributed by atoms with E-state index in [1.165, 1.54) is 0 Å². The van der Waals surface area contributed by atoms with E-state index in [0.29, 0.717) is 0 Å². The van der Waals surface area contributed by atoms with Crippen molar-refractivity contribution in [3.63, 3.8) is 0 Å².